The van der Waals surface area contributed by atoms with Gasteiger partial charge in [0.05, 0.1) is 18.0 Å². The Kier molecular flexibility index (Phi) is 3.30. The van der Waals surface area contributed by atoms with Gasteiger partial charge in [-0.05, 0) is 37.9 Å². The molecule has 2 rings (SSSR count). The number of quaternary nitrogens is 1. The van der Waals surface area contributed by atoms with E-state index >= 15 is 0 Å². The van der Waals surface area contributed by atoms with E-state index in [1.54, 1.807) is 0 Å². The van der Waals surface area contributed by atoms with E-state index in [0.29, 0.717) is 0 Å². The lowest BCUT2D eigenvalue weighted by molar-refractivity contribution is 0.276. The van der Waals surface area contributed by atoms with E-state index in [4.69, 9.17) is 0 Å². The summed E-state index contributed by atoms with van der Waals surface area (Å²) in [5.41, 5.74) is 1.51. The highest BCUT2D eigenvalue weighted by Crippen LogP contribution is 2.59. The molecule has 1 aliphatic heterocycles. The second-order valence-electron chi connectivity index (χ2n) is 4.27. The van der Waals surface area contributed by atoms with Crippen LogP contribution in [0.25, 0.3) is 0 Å². The molecule has 16 heavy (non-hydrogen) atoms. The molecule has 0 saturated heterocycles. The van der Waals surface area contributed by atoms with Crippen LogP contribution < -0.4 is 4.48 Å². The predicted molar refractivity (Wildman–Crippen MR) is 77.1 cm³/mol. The zero-order valence-corrected chi connectivity index (χ0v) is 12.1. The molecule has 0 aromatic heterocycles. The Hall–Kier alpha value is -0.120. The zero-order valence-electron chi connectivity index (χ0n) is 10.5. The Morgan fingerprint density at radius 1 is 1.25 bits per heavy atom. The van der Waals surface area contributed by atoms with Gasteiger partial charge in [0.15, 0.2) is 4.20 Å². The van der Waals surface area contributed by atoms with Crippen molar-refractivity contribution in [2.75, 3.05) is 19.3 Å². The Morgan fingerprint density at radius 2 is 1.88 bits per heavy atom. The summed E-state index contributed by atoms with van der Waals surface area (Å²) in [5.74, 6) is 0. The third kappa shape index (κ3) is 1.45. The molecule has 0 bridgehead atoms. The van der Waals surface area contributed by atoms with E-state index in [2.05, 4.69) is 51.3 Å². The van der Waals surface area contributed by atoms with Crippen LogP contribution in [0, 0.1) is 0 Å². The van der Waals surface area contributed by atoms with Gasteiger partial charge in [-0.3, -0.25) is 4.48 Å². The molecule has 0 spiro atoms. The second kappa shape index (κ2) is 4.28. The Bertz CT molecular complexity index is 387. The van der Waals surface area contributed by atoms with Crippen molar-refractivity contribution in [2.45, 2.75) is 29.9 Å². The van der Waals surface area contributed by atoms with Crippen LogP contribution in [0.15, 0.2) is 29.2 Å². The monoisotopic (exact) mass is 254 g/mol. The molecule has 0 saturated carbocycles. The number of hydrogen-bond donors (Lipinski definition) is 0. The van der Waals surface area contributed by atoms with Crippen LogP contribution in [0.3, 0.4) is 0 Å². The van der Waals surface area contributed by atoms with E-state index in [-0.39, 0.29) is 4.20 Å². The normalized spacial score (nSPS) is 26.8. The lowest BCUT2D eigenvalue weighted by Gasteiger charge is -2.43. The van der Waals surface area contributed by atoms with Gasteiger partial charge in [0.25, 0.3) is 0 Å². The number of para-hydroxylation sites is 1. The van der Waals surface area contributed by atoms with Gasteiger partial charge in [-0.2, -0.15) is 0 Å². The maximum Gasteiger partial charge on any atom is 0.199 e. The first kappa shape index (κ1) is 12.3. The zero-order chi connectivity index (χ0) is 11.8. The quantitative estimate of drug-likeness (QED) is 0.742. The fourth-order valence-corrected chi connectivity index (χ4v) is 5.50. The van der Waals surface area contributed by atoms with Crippen molar-refractivity contribution < 1.29 is 0 Å². The van der Waals surface area contributed by atoms with Gasteiger partial charge in [0, 0.05) is 13.0 Å². The fraction of sp³-hybridized carbons (Fsp3) is 0.538. The molecule has 1 nitrogen and oxygen atoms in total. The van der Waals surface area contributed by atoms with Crippen molar-refractivity contribution in [1.82, 2.24) is 4.48 Å². The molecule has 1 aromatic carbocycles. The third-order valence-corrected chi connectivity index (χ3v) is 7.01. The summed E-state index contributed by atoms with van der Waals surface area (Å²) in [4.78, 5) is 1.46. The van der Waals surface area contributed by atoms with Crippen LogP contribution in [0.5, 0.6) is 0 Å². The number of hydrogen-bond acceptors (Lipinski definition) is 2. The first-order valence-corrected chi connectivity index (χ1v) is 7.88. The lowest BCUT2D eigenvalue weighted by atomic mass is 10.2. The smallest absolute Gasteiger partial charge is 0.199 e. The highest BCUT2D eigenvalue weighted by atomic mass is 32.2. The summed E-state index contributed by atoms with van der Waals surface area (Å²) in [6, 6.07) is 8.89. The van der Waals surface area contributed by atoms with E-state index in [1.807, 2.05) is 23.5 Å². The van der Waals surface area contributed by atoms with E-state index in [0.717, 1.165) is 17.6 Å². The van der Waals surface area contributed by atoms with E-state index in [9.17, 15) is 0 Å². The average molecular weight is 254 g/mol. The number of rotatable bonds is 3. The van der Waals surface area contributed by atoms with Crippen molar-refractivity contribution in [2.24, 2.45) is 0 Å². The Labute approximate surface area is 107 Å². The molecule has 1 heterocycles. The third-order valence-electron chi connectivity index (χ3n) is 3.86. The van der Waals surface area contributed by atoms with Crippen LogP contribution in [-0.4, -0.2) is 23.5 Å². The number of fused-ring (bicyclic) bond motifs is 1. The SMILES string of the molecule is CC[N+]1(CC)c2ccccc2SC1(C)SC. The van der Waals surface area contributed by atoms with Crippen LogP contribution in [0.4, 0.5) is 5.69 Å². The molecular weight excluding hydrogens is 234 g/mol. The van der Waals surface area contributed by atoms with Gasteiger partial charge in [-0.15, -0.1) is 0 Å². The molecule has 0 aliphatic carbocycles. The summed E-state index contributed by atoms with van der Waals surface area (Å²) < 4.78 is 1.32. The summed E-state index contributed by atoms with van der Waals surface area (Å²) in [5, 5.41) is 0. The summed E-state index contributed by atoms with van der Waals surface area (Å²) in [6.45, 7) is 9.33. The summed E-state index contributed by atoms with van der Waals surface area (Å²) >= 11 is 4.01. The van der Waals surface area contributed by atoms with Gasteiger partial charge in [0.1, 0.15) is 5.69 Å². The maximum atomic E-state index is 2.38. The second-order valence-corrected chi connectivity index (χ2v) is 7.17. The first-order chi connectivity index (χ1) is 7.63. The molecule has 1 aromatic rings. The lowest BCUT2D eigenvalue weighted by Crippen LogP contribution is -2.58. The van der Waals surface area contributed by atoms with E-state index < -0.39 is 0 Å². The van der Waals surface area contributed by atoms with Crippen LogP contribution >= 0.6 is 23.5 Å². The minimum atomic E-state index is 0.229. The van der Waals surface area contributed by atoms with Gasteiger partial charge in [-0.1, -0.05) is 23.9 Å². The topological polar surface area (TPSA) is 0 Å². The Morgan fingerprint density at radius 3 is 2.44 bits per heavy atom. The molecule has 0 fully saturated rings. The highest BCUT2D eigenvalue weighted by Gasteiger charge is 2.54. The predicted octanol–water partition coefficient (Wildman–Crippen LogP) is 4.18. The van der Waals surface area contributed by atoms with Gasteiger partial charge >= 0.3 is 0 Å². The van der Waals surface area contributed by atoms with Crippen molar-refractivity contribution in [1.29, 1.82) is 0 Å². The molecule has 0 amide bonds. The number of nitrogens with zero attached hydrogens (tertiary/aromatic N) is 1. The van der Waals surface area contributed by atoms with Gasteiger partial charge in [0.2, 0.25) is 0 Å². The van der Waals surface area contributed by atoms with Crippen molar-refractivity contribution >= 4 is 29.2 Å². The fourth-order valence-electron chi connectivity index (χ4n) is 2.76. The number of thioether (sulfide) groups is 2. The molecular formula is C13H20NS2+. The maximum absolute atomic E-state index is 2.38. The number of benzene rings is 1. The molecule has 88 valence electrons. The minimum Gasteiger partial charge on any atom is -0.268 e. The molecule has 1 atom stereocenters. The largest absolute Gasteiger partial charge is 0.268 e. The average Bonchev–Trinajstić information content (AvgIpc) is 2.58. The molecule has 0 N–H and O–H groups in total. The van der Waals surface area contributed by atoms with Gasteiger partial charge in [-0.25, -0.2) is 0 Å². The molecule has 1 aliphatic rings. The van der Waals surface area contributed by atoms with Crippen molar-refractivity contribution in [3.05, 3.63) is 24.3 Å². The summed E-state index contributed by atoms with van der Waals surface area (Å²) in [6.07, 6.45) is 2.23. The molecule has 3 heteroatoms. The summed E-state index contributed by atoms with van der Waals surface area (Å²) in [7, 11) is 0. The highest BCUT2D eigenvalue weighted by molar-refractivity contribution is 8.18. The van der Waals surface area contributed by atoms with Crippen LogP contribution in [0.1, 0.15) is 20.8 Å². The first-order valence-electron chi connectivity index (χ1n) is 5.84. The van der Waals surface area contributed by atoms with Crippen molar-refractivity contribution in [3.8, 4) is 0 Å². The minimum absolute atomic E-state index is 0.229. The molecule has 0 radical (unpaired) electrons. The van der Waals surface area contributed by atoms with Gasteiger partial charge < -0.3 is 0 Å². The molecule has 1 unspecified atom stereocenters. The standard InChI is InChI=1S/C13H20NS2/c1-5-14(6-2)11-9-7-8-10-12(11)16-13(14,3)15-4/h7-10H,5-6H2,1-4H3/q+1. The van der Waals surface area contributed by atoms with Crippen LogP contribution in [-0.2, 0) is 0 Å². The van der Waals surface area contributed by atoms with Crippen LogP contribution in [0.2, 0.25) is 0 Å². The Balaban J connectivity index is 2.60. The van der Waals surface area contributed by atoms with Crippen molar-refractivity contribution in [3.63, 3.8) is 0 Å². The van der Waals surface area contributed by atoms with E-state index in [1.165, 1.54) is 10.6 Å².